The number of anilines is 1. The first-order chi connectivity index (χ1) is 8.06. The zero-order valence-electron chi connectivity index (χ0n) is 9.02. The Kier molecular flexibility index (Phi) is 4.24. The van der Waals surface area contributed by atoms with E-state index in [1.807, 2.05) is 25.1 Å². The first-order valence-electron chi connectivity index (χ1n) is 4.56. The Labute approximate surface area is 121 Å². The molecule has 0 fully saturated rings. The highest BCUT2D eigenvalue weighted by molar-refractivity contribution is 9.10. The quantitative estimate of drug-likeness (QED) is 0.845. The smallest absolute Gasteiger partial charge is 0.208 e. The molecule has 0 atom stereocenters. The first-order valence-corrected chi connectivity index (χ1v) is 7.36. The van der Waals surface area contributed by atoms with Crippen molar-refractivity contribution in [3.05, 3.63) is 21.8 Å². The number of aromatic nitrogens is 3. The molecule has 0 aromatic carbocycles. The van der Waals surface area contributed by atoms with Crippen molar-refractivity contribution in [1.29, 1.82) is 0 Å². The Morgan fingerprint density at radius 1 is 1.41 bits per heavy atom. The molecule has 90 valence electrons. The molecule has 4 nitrogen and oxygen atoms in total. The summed E-state index contributed by atoms with van der Waals surface area (Å²) in [5.41, 5.74) is 0. The molecule has 17 heavy (non-hydrogen) atoms. The van der Waals surface area contributed by atoms with Crippen LogP contribution < -0.4 is 4.90 Å². The van der Waals surface area contributed by atoms with Crippen molar-refractivity contribution >= 4 is 55.8 Å². The zero-order valence-corrected chi connectivity index (χ0v) is 13.0. The summed E-state index contributed by atoms with van der Waals surface area (Å²) in [6.45, 7) is 0. The van der Waals surface area contributed by atoms with Crippen molar-refractivity contribution in [3.8, 4) is 0 Å². The number of halogens is 2. The van der Waals surface area contributed by atoms with Gasteiger partial charge in [-0.15, -0.1) is 10.2 Å². The normalized spacial score (nSPS) is 10.6. The predicted molar refractivity (Wildman–Crippen MR) is 75.3 cm³/mol. The van der Waals surface area contributed by atoms with Crippen LogP contribution in [-0.4, -0.2) is 29.3 Å². The number of pyridine rings is 1. The Bertz CT molecular complexity index is 531. The molecule has 0 aliphatic rings. The van der Waals surface area contributed by atoms with Crippen LogP contribution in [0.25, 0.3) is 0 Å². The summed E-state index contributed by atoms with van der Waals surface area (Å²) < 4.78 is 1.71. The van der Waals surface area contributed by atoms with Crippen LogP contribution in [0.4, 0.5) is 5.13 Å². The lowest BCUT2D eigenvalue weighted by Gasteiger charge is -2.03. The lowest BCUT2D eigenvalue weighted by molar-refractivity contribution is 0.970. The lowest BCUT2D eigenvalue weighted by atomic mass is 10.5. The van der Waals surface area contributed by atoms with Gasteiger partial charge in [-0.25, -0.2) is 4.98 Å². The second-order valence-electron chi connectivity index (χ2n) is 3.29. The molecule has 2 rings (SSSR count). The molecule has 0 saturated heterocycles. The fraction of sp³-hybridized carbons (Fsp3) is 0.222. The fourth-order valence-corrected chi connectivity index (χ4v) is 3.50. The van der Waals surface area contributed by atoms with Crippen molar-refractivity contribution in [2.45, 2.75) is 9.37 Å². The van der Waals surface area contributed by atoms with E-state index in [0.717, 1.165) is 19.0 Å². The lowest BCUT2D eigenvalue weighted by Crippen LogP contribution is -2.07. The van der Waals surface area contributed by atoms with E-state index >= 15 is 0 Å². The molecule has 0 spiro atoms. The molecule has 0 N–H and O–H groups in total. The maximum atomic E-state index is 5.83. The van der Waals surface area contributed by atoms with Crippen LogP contribution in [0.3, 0.4) is 0 Å². The Morgan fingerprint density at radius 3 is 2.76 bits per heavy atom. The molecule has 0 unspecified atom stereocenters. The van der Waals surface area contributed by atoms with Gasteiger partial charge in [-0.1, -0.05) is 22.9 Å². The minimum atomic E-state index is 0.604. The van der Waals surface area contributed by atoms with Gasteiger partial charge in [0, 0.05) is 20.3 Å². The molecule has 0 saturated carbocycles. The van der Waals surface area contributed by atoms with Gasteiger partial charge < -0.3 is 4.90 Å². The third-order valence-electron chi connectivity index (χ3n) is 1.74. The van der Waals surface area contributed by atoms with Crippen LogP contribution in [0.15, 0.2) is 26.1 Å². The molecule has 0 aliphatic carbocycles. The maximum absolute atomic E-state index is 5.83. The number of hydrogen-bond donors (Lipinski definition) is 0. The van der Waals surface area contributed by atoms with Crippen molar-refractivity contribution in [3.63, 3.8) is 0 Å². The van der Waals surface area contributed by atoms with E-state index < -0.39 is 0 Å². The summed E-state index contributed by atoms with van der Waals surface area (Å²) in [4.78, 5) is 6.16. The first kappa shape index (κ1) is 13.1. The largest absolute Gasteiger partial charge is 0.353 e. The van der Waals surface area contributed by atoms with Crippen LogP contribution in [0.2, 0.25) is 5.02 Å². The summed E-state index contributed by atoms with van der Waals surface area (Å²) in [5, 5.41) is 10.5. The molecule has 2 heterocycles. The summed E-state index contributed by atoms with van der Waals surface area (Å²) in [6.07, 6.45) is 1.61. The van der Waals surface area contributed by atoms with Gasteiger partial charge in [0.15, 0.2) is 4.34 Å². The van der Waals surface area contributed by atoms with E-state index in [1.165, 1.54) is 23.1 Å². The van der Waals surface area contributed by atoms with Gasteiger partial charge in [0.2, 0.25) is 5.13 Å². The van der Waals surface area contributed by atoms with Crippen LogP contribution >= 0.6 is 50.6 Å². The van der Waals surface area contributed by atoms with E-state index in [0.29, 0.717) is 5.02 Å². The second-order valence-corrected chi connectivity index (χ2v) is 6.77. The molecule has 2 aromatic heterocycles. The monoisotopic (exact) mass is 350 g/mol. The number of nitrogens with zero attached hydrogens (tertiary/aromatic N) is 4. The Morgan fingerprint density at radius 2 is 2.18 bits per heavy atom. The second kappa shape index (κ2) is 5.51. The maximum Gasteiger partial charge on any atom is 0.208 e. The Balaban J connectivity index is 2.19. The minimum absolute atomic E-state index is 0.604. The summed E-state index contributed by atoms with van der Waals surface area (Å²) >= 11 is 12.2. The zero-order chi connectivity index (χ0) is 12.4. The van der Waals surface area contributed by atoms with Gasteiger partial charge >= 0.3 is 0 Å². The van der Waals surface area contributed by atoms with Crippen molar-refractivity contribution < 1.29 is 0 Å². The molecule has 0 radical (unpaired) electrons. The van der Waals surface area contributed by atoms with Gasteiger partial charge in [0.1, 0.15) is 5.03 Å². The van der Waals surface area contributed by atoms with Gasteiger partial charge in [-0.05, 0) is 33.8 Å². The van der Waals surface area contributed by atoms with E-state index in [2.05, 4.69) is 31.1 Å². The van der Waals surface area contributed by atoms with E-state index in [-0.39, 0.29) is 0 Å². The molecule has 0 amide bonds. The molecule has 8 heteroatoms. The summed E-state index contributed by atoms with van der Waals surface area (Å²) in [6, 6.07) is 1.81. The number of hydrogen-bond acceptors (Lipinski definition) is 6. The van der Waals surface area contributed by atoms with Gasteiger partial charge in [0.25, 0.3) is 0 Å². The highest BCUT2D eigenvalue weighted by Gasteiger charge is 2.10. The van der Waals surface area contributed by atoms with E-state index in [4.69, 9.17) is 11.6 Å². The van der Waals surface area contributed by atoms with Crippen LogP contribution in [0, 0.1) is 0 Å². The van der Waals surface area contributed by atoms with E-state index in [1.54, 1.807) is 6.20 Å². The van der Waals surface area contributed by atoms with Gasteiger partial charge in [0.05, 0.1) is 9.50 Å². The van der Waals surface area contributed by atoms with Gasteiger partial charge in [-0.2, -0.15) is 0 Å². The number of rotatable bonds is 3. The Hall–Kier alpha value is -0.370. The minimum Gasteiger partial charge on any atom is -0.353 e. The third-order valence-corrected chi connectivity index (χ3v) is 4.97. The molecular formula is C9H8BrClN4S2. The molecule has 0 bridgehead atoms. The van der Waals surface area contributed by atoms with Gasteiger partial charge in [-0.3, -0.25) is 0 Å². The van der Waals surface area contributed by atoms with E-state index in [9.17, 15) is 0 Å². The summed E-state index contributed by atoms with van der Waals surface area (Å²) in [7, 11) is 3.87. The van der Waals surface area contributed by atoms with Crippen LogP contribution in [0.1, 0.15) is 0 Å². The van der Waals surface area contributed by atoms with Crippen LogP contribution in [-0.2, 0) is 0 Å². The molecule has 2 aromatic rings. The van der Waals surface area contributed by atoms with Crippen molar-refractivity contribution in [1.82, 2.24) is 15.2 Å². The third kappa shape index (κ3) is 3.31. The average molecular weight is 352 g/mol. The predicted octanol–water partition coefficient (Wildman–Crippen LogP) is 3.57. The van der Waals surface area contributed by atoms with Crippen molar-refractivity contribution in [2.75, 3.05) is 19.0 Å². The highest BCUT2D eigenvalue weighted by Crippen LogP contribution is 2.35. The topological polar surface area (TPSA) is 41.9 Å². The fourth-order valence-electron chi connectivity index (χ4n) is 0.984. The van der Waals surface area contributed by atoms with Crippen LogP contribution in [0.5, 0.6) is 0 Å². The molecular weight excluding hydrogens is 344 g/mol. The SMILES string of the molecule is CN(C)c1nnc(Sc2ncc(Cl)cc2Br)s1. The van der Waals surface area contributed by atoms with Crippen molar-refractivity contribution in [2.24, 2.45) is 0 Å². The summed E-state index contributed by atoms with van der Waals surface area (Å²) in [5.74, 6) is 0. The highest BCUT2D eigenvalue weighted by atomic mass is 79.9. The molecule has 0 aliphatic heterocycles. The standard InChI is InChI=1S/C9H8BrClN4S2/c1-15(2)8-13-14-9(17-8)16-7-6(10)3-5(11)4-12-7/h3-4H,1-2H3. The average Bonchev–Trinajstić information content (AvgIpc) is 2.71.